The van der Waals surface area contributed by atoms with Crippen LogP contribution in [0.2, 0.25) is 0 Å². The summed E-state index contributed by atoms with van der Waals surface area (Å²) >= 11 is 0. The van der Waals surface area contributed by atoms with Crippen molar-refractivity contribution in [3.63, 3.8) is 0 Å². The molecule has 1 aliphatic rings. The van der Waals surface area contributed by atoms with E-state index < -0.39 is 30.6 Å². The molecule has 0 spiro atoms. The molecule has 8 aromatic rings. The maximum Gasteiger partial charge on any atom is 0.461 e. The second kappa shape index (κ2) is 19.8. The normalized spacial score (nSPS) is 15.2. The van der Waals surface area contributed by atoms with Crippen molar-refractivity contribution in [1.29, 1.82) is 0 Å². The molecule has 2 N–H and O–H groups in total. The maximum atomic E-state index is 11.4. The van der Waals surface area contributed by atoms with Crippen molar-refractivity contribution < 1.29 is 46.4 Å². The van der Waals surface area contributed by atoms with Crippen LogP contribution in [-0.4, -0.2) is 10.2 Å². The summed E-state index contributed by atoms with van der Waals surface area (Å²) < 4.78 is 77.3. The van der Waals surface area contributed by atoms with Gasteiger partial charge in [0.2, 0.25) is 0 Å². The van der Waals surface area contributed by atoms with Gasteiger partial charge in [-0.2, -0.15) is 0 Å². The molecule has 66 heavy (non-hydrogen) atoms. The van der Waals surface area contributed by atoms with Crippen molar-refractivity contribution in [2.24, 2.45) is 18.1 Å². The predicted octanol–water partition coefficient (Wildman–Crippen LogP) is 15.8. The molecule has 0 radical (unpaired) electrons. The Morgan fingerprint density at radius 1 is 0.227 bits per heavy atom. The van der Waals surface area contributed by atoms with Gasteiger partial charge in [0.05, 0.1) is 0 Å². The summed E-state index contributed by atoms with van der Waals surface area (Å²) in [7, 11) is -18.3. The van der Waals surface area contributed by atoms with Crippen molar-refractivity contribution >= 4 is 30.6 Å². The van der Waals surface area contributed by atoms with Crippen LogP contribution in [0.3, 0.4) is 0 Å². The monoisotopic (exact) mass is 956 g/mol. The second-order valence-corrected chi connectivity index (χ2v) is 22.1. The summed E-state index contributed by atoms with van der Waals surface area (Å²) in [5, 5.41) is 22.9. The number of hydrogen-bond donors (Lipinski definition) is 2. The Bertz CT molecular complexity index is 2850. The average Bonchev–Trinajstić information content (AvgIpc) is 3.32. The van der Waals surface area contributed by atoms with E-state index >= 15 is 0 Å². The summed E-state index contributed by atoms with van der Waals surface area (Å²) in [5.74, 6) is 0.802. The van der Waals surface area contributed by atoms with Crippen LogP contribution >= 0.6 is 30.6 Å². The number of phenols is 2. The van der Waals surface area contributed by atoms with Crippen LogP contribution in [0, 0.1) is 0 Å². The van der Waals surface area contributed by atoms with E-state index in [-0.39, 0.29) is 46.0 Å². The topological polar surface area (TPSA) is 164 Å². The molecule has 0 amide bonds. The second-order valence-electron chi connectivity index (χ2n) is 13.9. The first kappa shape index (κ1) is 43.9. The number of para-hydroxylation sites is 10. The first-order valence-electron chi connectivity index (χ1n) is 20.3. The summed E-state index contributed by atoms with van der Waals surface area (Å²) in [5.41, 5.74) is 0. The van der Waals surface area contributed by atoms with Gasteiger partial charge >= 0.3 is 30.6 Å². The molecule has 9 rings (SSSR count). The third-order valence-corrected chi connectivity index (χ3v) is 19.7. The fourth-order valence-corrected chi connectivity index (χ4v) is 18.2. The van der Waals surface area contributed by atoms with Crippen molar-refractivity contribution in [2.75, 3.05) is 0 Å². The summed E-state index contributed by atoms with van der Waals surface area (Å²) in [4.78, 5) is 0. The van der Waals surface area contributed by atoms with E-state index in [1.807, 2.05) is 36.4 Å². The first-order valence-corrected chi connectivity index (χ1v) is 26.4. The van der Waals surface area contributed by atoms with E-state index in [0.29, 0.717) is 11.5 Å². The Kier molecular flexibility index (Phi) is 13.2. The SMILES string of the molecule is Oc1ccccc1OP1(Oc2ccccc2O)=NP(Oc2ccccc2)(Oc2ccccc2)=NP(Oc2ccccc2)(Oc2ccccc2)=NP(Oc2ccccc2)(Oc2ccccc2)=N1. The highest BCUT2D eigenvalue weighted by Gasteiger charge is 2.50. The fourth-order valence-electron chi connectivity index (χ4n) is 6.05. The fraction of sp³-hybridized carbons (Fsp3) is 0. The molecule has 0 fully saturated rings. The van der Waals surface area contributed by atoms with Gasteiger partial charge in [0.15, 0.2) is 23.0 Å². The van der Waals surface area contributed by atoms with Gasteiger partial charge in [-0.15, -0.1) is 0 Å². The quantitative estimate of drug-likeness (QED) is 0.0891. The van der Waals surface area contributed by atoms with E-state index in [1.165, 1.54) is 24.3 Å². The van der Waals surface area contributed by atoms with Gasteiger partial charge in [0.25, 0.3) is 0 Å². The minimum absolute atomic E-state index is 0.119. The summed E-state index contributed by atoms with van der Waals surface area (Å²) in [6.07, 6.45) is 0. The van der Waals surface area contributed by atoms with Crippen LogP contribution in [0.1, 0.15) is 0 Å². The van der Waals surface area contributed by atoms with Crippen LogP contribution in [0.4, 0.5) is 0 Å². The molecule has 1 heterocycles. The van der Waals surface area contributed by atoms with E-state index in [2.05, 4.69) is 0 Å². The molecule has 18 heteroatoms. The number of benzene rings is 8. The zero-order valence-corrected chi connectivity index (χ0v) is 38.3. The Labute approximate surface area is 381 Å². The average molecular weight is 957 g/mol. The number of hydrogen-bond acceptors (Lipinski definition) is 14. The molecule has 0 saturated heterocycles. The minimum atomic E-state index is -4.72. The van der Waals surface area contributed by atoms with Gasteiger partial charge in [-0.05, 0) is 97.1 Å². The number of phenolic OH excluding ortho intramolecular Hbond substituents is 2. The van der Waals surface area contributed by atoms with Gasteiger partial charge < -0.3 is 46.4 Å². The van der Waals surface area contributed by atoms with Gasteiger partial charge in [0.1, 0.15) is 34.5 Å². The van der Waals surface area contributed by atoms with Crippen LogP contribution in [0.25, 0.3) is 0 Å². The highest BCUT2D eigenvalue weighted by atomic mass is 31.3. The molecule has 0 aromatic heterocycles. The van der Waals surface area contributed by atoms with Crippen molar-refractivity contribution in [3.05, 3.63) is 231 Å². The molecular weight excluding hydrogens is 916 g/mol. The third kappa shape index (κ3) is 10.9. The van der Waals surface area contributed by atoms with E-state index in [0.717, 1.165) is 0 Å². The Morgan fingerprint density at radius 2 is 0.409 bits per heavy atom. The number of rotatable bonds is 16. The number of nitrogens with zero attached hydrogens (tertiary/aromatic N) is 4. The molecule has 8 aromatic carbocycles. The molecule has 0 bridgehead atoms. The Morgan fingerprint density at radius 3 is 0.621 bits per heavy atom. The van der Waals surface area contributed by atoms with Crippen molar-refractivity contribution in [3.8, 4) is 57.5 Å². The van der Waals surface area contributed by atoms with Crippen molar-refractivity contribution in [1.82, 2.24) is 0 Å². The molecule has 0 atom stereocenters. The predicted molar refractivity (Wildman–Crippen MR) is 257 cm³/mol. The van der Waals surface area contributed by atoms with Crippen LogP contribution in [0.15, 0.2) is 249 Å². The molecule has 332 valence electrons. The van der Waals surface area contributed by atoms with Gasteiger partial charge in [-0.1, -0.05) is 152 Å². The summed E-state index contributed by atoms with van der Waals surface area (Å²) in [6, 6.07) is 65.2. The molecule has 0 unspecified atom stereocenters. The zero-order valence-electron chi connectivity index (χ0n) is 34.7. The Balaban J connectivity index is 1.50. The zero-order chi connectivity index (χ0) is 45.1. The van der Waals surface area contributed by atoms with Crippen LogP contribution < -0.4 is 36.2 Å². The summed E-state index contributed by atoms with van der Waals surface area (Å²) in [6.45, 7) is 0. The number of aromatic hydroxyl groups is 2. The first-order chi connectivity index (χ1) is 32.3. The van der Waals surface area contributed by atoms with Crippen LogP contribution in [-0.2, 0) is 0 Å². The third-order valence-electron chi connectivity index (χ3n) is 8.87. The largest absolute Gasteiger partial charge is 0.504 e. The van der Waals surface area contributed by atoms with Gasteiger partial charge in [-0.3, -0.25) is 0 Å². The smallest absolute Gasteiger partial charge is 0.461 e. The molecule has 0 saturated carbocycles. The highest BCUT2D eigenvalue weighted by molar-refractivity contribution is 7.79. The maximum absolute atomic E-state index is 11.4. The van der Waals surface area contributed by atoms with Crippen molar-refractivity contribution in [2.45, 2.75) is 0 Å². The highest BCUT2D eigenvalue weighted by Crippen LogP contribution is 2.79. The minimum Gasteiger partial charge on any atom is -0.504 e. The molecule has 14 nitrogen and oxygen atoms in total. The van der Waals surface area contributed by atoms with E-state index in [9.17, 15) is 10.2 Å². The van der Waals surface area contributed by atoms with E-state index in [4.69, 9.17) is 54.3 Å². The van der Waals surface area contributed by atoms with Gasteiger partial charge in [0, 0.05) is 0 Å². The lowest BCUT2D eigenvalue weighted by molar-refractivity contribution is 0.403. The lowest BCUT2D eigenvalue weighted by atomic mass is 10.3. The standard InChI is InChI=1S/C48H40N4O10P4/c53-45-35-19-21-37-47(45)61-66(62-48-38-22-20-36-46(48)54)51-64(57-41-27-11-3-12-28-41,58-42-29-13-4-14-30-42)49-63(55-39-23-7-1-8-24-39,56-40-25-9-2-10-26-40)50-65(52-66,59-43-31-15-5-16-32-43)60-44-33-17-6-18-34-44/h1-38,53-54H. The lowest BCUT2D eigenvalue weighted by Crippen LogP contribution is -2.11. The molecule has 1 aliphatic heterocycles. The molecular formula is C48H40N4O10P4. The Hall–Kier alpha value is -7.32. The molecule has 0 aliphatic carbocycles. The van der Waals surface area contributed by atoms with Gasteiger partial charge in [-0.25, -0.2) is 0 Å². The van der Waals surface area contributed by atoms with Crippen LogP contribution in [0.5, 0.6) is 57.5 Å². The lowest BCUT2D eigenvalue weighted by Gasteiger charge is -2.33. The van der Waals surface area contributed by atoms with E-state index in [1.54, 1.807) is 170 Å².